The molecule has 1 spiro atoms. The van der Waals surface area contributed by atoms with Crippen LogP contribution in [0.2, 0.25) is 0 Å². The normalized spacial score (nSPS) is 23.1. The summed E-state index contributed by atoms with van der Waals surface area (Å²) >= 11 is 0. The Morgan fingerprint density at radius 1 is 1.17 bits per heavy atom. The summed E-state index contributed by atoms with van der Waals surface area (Å²) in [6, 6.07) is 11.3. The molecule has 150 valence electrons. The minimum absolute atomic E-state index is 0.0577. The van der Waals surface area contributed by atoms with Crippen LogP contribution in [0.3, 0.4) is 0 Å². The quantitative estimate of drug-likeness (QED) is 0.735. The van der Waals surface area contributed by atoms with Gasteiger partial charge in [-0.1, -0.05) is 24.3 Å². The van der Waals surface area contributed by atoms with Crippen LogP contribution < -0.4 is 20.9 Å². The number of carbonyl (C=O) groups excluding carboxylic acids is 1. The zero-order chi connectivity index (χ0) is 19.8. The molecule has 2 aliphatic carbocycles. The van der Waals surface area contributed by atoms with Crippen LogP contribution in [0.15, 0.2) is 30.3 Å². The fourth-order valence-corrected chi connectivity index (χ4v) is 5.39. The van der Waals surface area contributed by atoms with Gasteiger partial charge in [0.25, 0.3) is 5.91 Å². The maximum Gasteiger partial charge on any atom is 0.251 e. The minimum atomic E-state index is 0.0577. The minimum Gasteiger partial charge on any atom is -0.377 e. The van der Waals surface area contributed by atoms with E-state index in [0.717, 1.165) is 61.2 Å². The number of benzene rings is 2. The highest BCUT2D eigenvalue weighted by molar-refractivity contribution is 6.03. The van der Waals surface area contributed by atoms with Crippen LogP contribution in [-0.2, 0) is 19.3 Å². The van der Waals surface area contributed by atoms with Gasteiger partial charge in [0.15, 0.2) is 0 Å². The first kappa shape index (κ1) is 17.2. The molecule has 5 nitrogen and oxygen atoms in total. The van der Waals surface area contributed by atoms with Crippen molar-refractivity contribution in [2.24, 2.45) is 0 Å². The van der Waals surface area contributed by atoms with Gasteiger partial charge in [0.2, 0.25) is 0 Å². The highest BCUT2D eigenvalue weighted by atomic mass is 16.1. The van der Waals surface area contributed by atoms with Crippen molar-refractivity contribution in [3.8, 4) is 0 Å². The van der Waals surface area contributed by atoms with Gasteiger partial charge in [0, 0.05) is 24.2 Å². The number of fused-ring (bicyclic) bond motifs is 4. The van der Waals surface area contributed by atoms with Crippen molar-refractivity contribution in [1.29, 1.82) is 0 Å². The molecule has 3 N–H and O–H groups in total. The van der Waals surface area contributed by atoms with Gasteiger partial charge in [-0.2, -0.15) is 0 Å². The third-order valence-electron chi connectivity index (χ3n) is 7.31. The van der Waals surface area contributed by atoms with Crippen LogP contribution >= 0.6 is 0 Å². The van der Waals surface area contributed by atoms with Gasteiger partial charge in [-0.05, 0) is 68.2 Å². The molecule has 2 aromatic carbocycles. The Labute approximate surface area is 171 Å². The molecule has 0 saturated heterocycles. The molecule has 1 saturated carbocycles. The molecule has 1 fully saturated rings. The molecule has 2 aromatic rings. The molecule has 0 bridgehead atoms. The Bertz CT molecular complexity index is 1000. The molecule has 1 amide bonds. The molecule has 4 aliphatic rings. The van der Waals surface area contributed by atoms with Crippen LogP contribution in [0, 0.1) is 0 Å². The summed E-state index contributed by atoms with van der Waals surface area (Å²) in [7, 11) is 2.10. The van der Waals surface area contributed by atoms with Gasteiger partial charge in [-0.25, -0.2) is 0 Å². The third-order valence-corrected chi connectivity index (χ3v) is 7.31. The third kappa shape index (κ3) is 2.63. The first-order valence-electron chi connectivity index (χ1n) is 10.9. The number of nitrogens with zero attached hydrogens (tertiary/aromatic N) is 1. The van der Waals surface area contributed by atoms with Crippen molar-refractivity contribution in [3.63, 3.8) is 0 Å². The molecule has 1 unspecified atom stereocenters. The number of hydrogen-bond donors (Lipinski definition) is 3. The Hall–Kier alpha value is -2.69. The van der Waals surface area contributed by atoms with Crippen LogP contribution in [0.5, 0.6) is 0 Å². The lowest BCUT2D eigenvalue weighted by Gasteiger charge is -2.38. The Morgan fingerprint density at radius 3 is 2.59 bits per heavy atom. The van der Waals surface area contributed by atoms with E-state index in [4.69, 9.17) is 0 Å². The van der Waals surface area contributed by atoms with Gasteiger partial charge < -0.3 is 20.9 Å². The lowest BCUT2D eigenvalue weighted by molar-refractivity contribution is 0.0950. The number of amides is 1. The van der Waals surface area contributed by atoms with Crippen molar-refractivity contribution >= 4 is 23.0 Å². The van der Waals surface area contributed by atoms with Crippen molar-refractivity contribution in [2.75, 3.05) is 22.6 Å². The number of rotatable bonds is 2. The van der Waals surface area contributed by atoms with Gasteiger partial charge in [-0.15, -0.1) is 0 Å². The number of anilines is 3. The number of hydrogen-bond acceptors (Lipinski definition) is 4. The summed E-state index contributed by atoms with van der Waals surface area (Å²) in [5, 5.41) is 10.8. The lowest BCUT2D eigenvalue weighted by Crippen LogP contribution is -2.43. The molecule has 29 heavy (non-hydrogen) atoms. The zero-order valence-corrected chi connectivity index (χ0v) is 17.1. The smallest absolute Gasteiger partial charge is 0.251 e. The standard InChI is InChI=1S/C24H28N4O/c1-14-25-22-20(28(14)2)11-19(23(29)26-17-7-8-17)18-9-10-24(27-21(18)22)12-15-5-3-4-6-16(15)13-24/h3-6,11,14,17,25,27H,7-10,12-13H2,1-2H3,(H,26,29). The first-order chi connectivity index (χ1) is 14.0. The van der Waals surface area contributed by atoms with E-state index in [-0.39, 0.29) is 17.6 Å². The van der Waals surface area contributed by atoms with Gasteiger partial charge in [-0.3, -0.25) is 4.79 Å². The zero-order valence-electron chi connectivity index (χ0n) is 17.1. The highest BCUT2D eigenvalue weighted by Crippen LogP contribution is 2.49. The summed E-state index contributed by atoms with van der Waals surface area (Å²) in [4.78, 5) is 15.3. The molecule has 0 radical (unpaired) electrons. The molecule has 2 aliphatic heterocycles. The number of carbonyl (C=O) groups is 1. The van der Waals surface area contributed by atoms with Crippen LogP contribution in [0.4, 0.5) is 17.1 Å². The molecular weight excluding hydrogens is 360 g/mol. The van der Waals surface area contributed by atoms with Crippen LogP contribution in [0.1, 0.15) is 53.2 Å². The lowest BCUT2D eigenvalue weighted by atomic mass is 9.81. The van der Waals surface area contributed by atoms with Crippen LogP contribution in [0.25, 0.3) is 0 Å². The second kappa shape index (κ2) is 5.91. The van der Waals surface area contributed by atoms with Crippen molar-refractivity contribution in [1.82, 2.24) is 5.32 Å². The maximum atomic E-state index is 13.1. The Morgan fingerprint density at radius 2 is 1.90 bits per heavy atom. The van der Waals surface area contributed by atoms with E-state index in [1.165, 1.54) is 16.7 Å². The Kier molecular flexibility index (Phi) is 3.50. The molecular formula is C24H28N4O. The van der Waals surface area contributed by atoms with Crippen LogP contribution in [-0.4, -0.2) is 30.7 Å². The molecule has 1 atom stereocenters. The fraction of sp³-hybridized carbons (Fsp3) is 0.458. The van der Waals surface area contributed by atoms with Crippen molar-refractivity contribution < 1.29 is 4.79 Å². The van der Waals surface area contributed by atoms with Gasteiger partial charge >= 0.3 is 0 Å². The fourth-order valence-electron chi connectivity index (χ4n) is 5.39. The summed E-state index contributed by atoms with van der Waals surface area (Å²) in [5.74, 6) is 0.0898. The van der Waals surface area contributed by atoms with Crippen molar-refractivity contribution in [2.45, 2.75) is 63.2 Å². The van der Waals surface area contributed by atoms with Crippen molar-refractivity contribution in [3.05, 3.63) is 52.6 Å². The van der Waals surface area contributed by atoms with E-state index in [1.54, 1.807) is 0 Å². The SMILES string of the molecule is CC1Nc2c(cc(C(=O)NC3CC3)c3c2NC2(CC3)Cc3ccccc3C2)N1C. The Balaban J connectivity index is 1.43. The largest absolute Gasteiger partial charge is 0.377 e. The summed E-state index contributed by atoms with van der Waals surface area (Å²) < 4.78 is 0. The maximum absolute atomic E-state index is 13.1. The molecule has 5 heteroatoms. The topological polar surface area (TPSA) is 56.4 Å². The summed E-state index contributed by atoms with van der Waals surface area (Å²) in [5.41, 5.74) is 8.44. The molecule has 2 heterocycles. The average molecular weight is 389 g/mol. The second-order valence-corrected chi connectivity index (χ2v) is 9.38. The van der Waals surface area contributed by atoms with E-state index in [1.807, 2.05) is 0 Å². The van der Waals surface area contributed by atoms with E-state index in [0.29, 0.717) is 6.04 Å². The van der Waals surface area contributed by atoms with Gasteiger partial charge in [0.1, 0.15) is 0 Å². The molecule has 6 rings (SSSR count). The monoisotopic (exact) mass is 388 g/mol. The predicted octanol–water partition coefficient (Wildman–Crippen LogP) is 3.68. The van der Waals surface area contributed by atoms with E-state index >= 15 is 0 Å². The second-order valence-electron chi connectivity index (χ2n) is 9.38. The highest BCUT2D eigenvalue weighted by Gasteiger charge is 2.43. The summed E-state index contributed by atoms with van der Waals surface area (Å²) in [6.45, 7) is 2.17. The van der Waals surface area contributed by atoms with E-state index in [9.17, 15) is 4.79 Å². The molecule has 0 aromatic heterocycles. The summed E-state index contributed by atoms with van der Waals surface area (Å²) in [6.07, 6.45) is 6.55. The van der Waals surface area contributed by atoms with Gasteiger partial charge in [0.05, 0.1) is 23.2 Å². The van der Waals surface area contributed by atoms with E-state index < -0.39 is 0 Å². The average Bonchev–Trinajstić information content (AvgIpc) is 3.38. The predicted molar refractivity (Wildman–Crippen MR) is 117 cm³/mol. The first-order valence-corrected chi connectivity index (χ1v) is 10.9. The number of nitrogens with one attached hydrogen (secondary N) is 3. The van der Waals surface area contributed by atoms with E-state index in [2.05, 4.69) is 65.2 Å².